The van der Waals surface area contributed by atoms with Gasteiger partial charge in [-0.2, -0.15) is 0 Å². The van der Waals surface area contributed by atoms with E-state index >= 15 is 0 Å². The third-order valence-corrected chi connectivity index (χ3v) is 5.08. The highest BCUT2D eigenvalue weighted by Crippen LogP contribution is 2.27. The van der Waals surface area contributed by atoms with E-state index in [0.717, 1.165) is 11.0 Å². The normalized spacial score (nSPS) is 16.9. The van der Waals surface area contributed by atoms with E-state index in [2.05, 4.69) is 11.6 Å². The van der Waals surface area contributed by atoms with Crippen molar-refractivity contribution in [2.45, 2.75) is 31.9 Å². The van der Waals surface area contributed by atoms with E-state index in [0.29, 0.717) is 5.56 Å². The molecule has 1 aromatic carbocycles. The van der Waals surface area contributed by atoms with Crippen molar-refractivity contribution < 1.29 is 27.9 Å². The number of hydrogen-bond donors (Lipinski definition) is 1. The number of rotatable bonds is 7. The Morgan fingerprint density at radius 2 is 1.97 bits per heavy atom. The number of carbonyl (C=O) groups is 2. The number of nitrogens with zero attached hydrogens (tertiary/aromatic N) is 3. The lowest BCUT2D eigenvalue weighted by Crippen LogP contribution is -2.60. The molecule has 6 nitrogen and oxygen atoms in total. The molecule has 1 fully saturated rings. The van der Waals surface area contributed by atoms with Crippen molar-refractivity contribution in [3.8, 4) is 0 Å². The summed E-state index contributed by atoms with van der Waals surface area (Å²) >= 11 is 5.71. The zero-order valence-electron chi connectivity index (χ0n) is 16.3. The van der Waals surface area contributed by atoms with E-state index in [1.54, 1.807) is 0 Å². The Labute approximate surface area is 181 Å². The van der Waals surface area contributed by atoms with Gasteiger partial charge in [0, 0.05) is 24.7 Å². The van der Waals surface area contributed by atoms with E-state index in [4.69, 9.17) is 11.6 Å². The third kappa shape index (κ3) is 5.16. The number of allylic oxidation sites excluding steroid dienone is 1. The predicted molar refractivity (Wildman–Crippen MR) is 108 cm³/mol. The summed E-state index contributed by atoms with van der Waals surface area (Å²) in [5, 5.41) is 9.51. The van der Waals surface area contributed by atoms with Gasteiger partial charge in [-0.1, -0.05) is 42.4 Å². The first-order chi connectivity index (χ1) is 14.7. The lowest BCUT2D eigenvalue weighted by atomic mass is 10.0. The molecule has 0 unspecified atom stereocenters. The summed E-state index contributed by atoms with van der Waals surface area (Å²) in [4.78, 5) is 32.1. The van der Waals surface area contributed by atoms with Crippen LogP contribution in [0.15, 0.2) is 48.9 Å². The quantitative estimate of drug-likeness (QED) is 0.630. The molecule has 164 valence electrons. The summed E-state index contributed by atoms with van der Waals surface area (Å²) in [6.07, 6.45) is -1.37. The van der Waals surface area contributed by atoms with Crippen molar-refractivity contribution in [1.29, 1.82) is 0 Å². The standard InChI is InChI=1S/C21H19ClF3N3O3/c1-12(29)2-7-17-21(31)28(20-16(23)8-15(22)9-26-20)11-18(30)27(17)10-13-3-5-14(6-4-13)19(24)25/h3-6,8-9,17,19,29H,1-2,7,10-11H2/t17-/m0/s1. The number of aliphatic hydroxyl groups is 1. The minimum absolute atomic E-state index is 0.0129. The Balaban J connectivity index is 1.89. The van der Waals surface area contributed by atoms with Gasteiger partial charge in [-0.05, 0) is 18.1 Å². The number of pyridine rings is 1. The van der Waals surface area contributed by atoms with Gasteiger partial charge >= 0.3 is 0 Å². The van der Waals surface area contributed by atoms with Gasteiger partial charge in [-0.3, -0.25) is 14.5 Å². The molecule has 0 saturated carbocycles. The number of carbonyl (C=O) groups excluding carboxylic acids is 2. The Morgan fingerprint density at radius 3 is 2.55 bits per heavy atom. The maximum absolute atomic E-state index is 14.3. The van der Waals surface area contributed by atoms with Crippen molar-refractivity contribution in [3.63, 3.8) is 0 Å². The number of hydrogen-bond acceptors (Lipinski definition) is 4. The summed E-state index contributed by atoms with van der Waals surface area (Å²) < 4.78 is 39.9. The molecule has 1 saturated heterocycles. The summed E-state index contributed by atoms with van der Waals surface area (Å²) in [6, 6.07) is 5.36. The van der Waals surface area contributed by atoms with Gasteiger partial charge in [0.05, 0.1) is 10.8 Å². The van der Waals surface area contributed by atoms with Crippen molar-refractivity contribution in [2.75, 3.05) is 11.4 Å². The molecule has 1 aromatic heterocycles. The molecule has 1 N–H and O–H groups in total. The lowest BCUT2D eigenvalue weighted by molar-refractivity contribution is -0.144. The van der Waals surface area contributed by atoms with Crippen molar-refractivity contribution in [1.82, 2.24) is 9.88 Å². The zero-order valence-corrected chi connectivity index (χ0v) is 17.0. The SMILES string of the molecule is C=C(O)CC[C@H]1C(=O)N(c2ncc(Cl)cc2F)CC(=O)N1Cc1ccc(C(F)F)cc1. The Hall–Kier alpha value is -3.07. The first-order valence-electron chi connectivity index (χ1n) is 9.33. The van der Waals surface area contributed by atoms with Crippen LogP contribution in [0.4, 0.5) is 19.0 Å². The fourth-order valence-corrected chi connectivity index (χ4v) is 3.47. The van der Waals surface area contributed by atoms with Crippen LogP contribution in [0.1, 0.15) is 30.4 Å². The molecule has 0 radical (unpaired) electrons. The molecule has 2 amide bonds. The van der Waals surface area contributed by atoms with Crippen molar-refractivity contribution >= 4 is 29.2 Å². The summed E-state index contributed by atoms with van der Waals surface area (Å²) in [5.74, 6) is -2.41. The van der Waals surface area contributed by atoms with Crippen LogP contribution in [0, 0.1) is 5.82 Å². The Bertz CT molecular complexity index is 1000. The molecular weight excluding hydrogens is 435 g/mol. The molecule has 10 heteroatoms. The number of amides is 2. The predicted octanol–water partition coefficient (Wildman–Crippen LogP) is 4.41. The topological polar surface area (TPSA) is 73.7 Å². The zero-order chi connectivity index (χ0) is 22.7. The number of alkyl halides is 2. The molecule has 3 rings (SSSR count). The molecule has 1 aliphatic heterocycles. The summed E-state index contributed by atoms with van der Waals surface area (Å²) in [6.45, 7) is 2.93. The van der Waals surface area contributed by atoms with E-state index < -0.39 is 36.6 Å². The Morgan fingerprint density at radius 1 is 1.29 bits per heavy atom. The molecule has 0 bridgehead atoms. The highest BCUT2D eigenvalue weighted by molar-refractivity contribution is 6.30. The second kappa shape index (κ2) is 9.38. The van der Waals surface area contributed by atoms with Gasteiger partial charge in [0.15, 0.2) is 11.6 Å². The molecule has 31 heavy (non-hydrogen) atoms. The largest absolute Gasteiger partial charge is 0.513 e. The van der Waals surface area contributed by atoms with E-state index in [-0.39, 0.29) is 41.5 Å². The van der Waals surface area contributed by atoms with Gasteiger partial charge in [0.25, 0.3) is 12.3 Å². The lowest BCUT2D eigenvalue weighted by Gasteiger charge is -2.40. The number of benzene rings is 1. The van der Waals surface area contributed by atoms with Gasteiger partial charge in [-0.25, -0.2) is 18.2 Å². The van der Waals surface area contributed by atoms with Crippen LogP contribution >= 0.6 is 11.6 Å². The number of piperazine rings is 1. The summed E-state index contributed by atoms with van der Waals surface area (Å²) in [5.41, 5.74) is 0.385. The molecule has 2 aromatic rings. The smallest absolute Gasteiger partial charge is 0.263 e. The minimum atomic E-state index is -2.62. The van der Waals surface area contributed by atoms with Crippen LogP contribution in [0.25, 0.3) is 0 Å². The number of aliphatic hydroxyl groups excluding tert-OH is 1. The number of aromatic nitrogens is 1. The maximum Gasteiger partial charge on any atom is 0.263 e. The first-order valence-corrected chi connectivity index (χ1v) is 9.70. The highest BCUT2D eigenvalue weighted by Gasteiger charge is 2.41. The van der Waals surface area contributed by atoms with E-state index in [1.165, 1.54) is 35.4 Å². The molecular formula is C21H19ClF3N3O3. The molecule has 1 aliphatic rings. The van der Waals surface area contributed by atoms with Gasteiger partial charge in [-0.15, -0.1) is 0 Å². The second-order valence-corrected chi connectivity index (χ2v) is 7.50. The third-order valence-electron chi connectivity index (χ3n) is 4.88. The molecule has 0 spiro atoms. The van der Waals surface area contributed by atoms with E-state index in [1.807, 2.05) is 0 Å². The Kier molecular flexibility index (Phi) is 6.84. The van der Waals surface area contributed by atoms with Gasteiger partial charge < -0.3 is 10.0 Å². The van der Waals surface area contributed by atoms with Crippen LogP contribution < -0.4 is 4.90 Å². The number of halogens is 4. The first kappa shape index (κ1) is 22.6. The molecule has 0 aliphatic carbocycles. The fourth-order valence-electron chi connectivity index (χ4n) is 3.32. The summed E-state index contributed by atoms with van der Waals surface area (Å²) in [7, 11) is 0. The monoisotopic (exact) mass is 453 g/mol. The maximum atomic E-state index is 14.3. The van der Waals surface area contributed by atoms with Crippen LogP contribution in [-0.2, 0) is 16.1 Å². The van der Waals surface area contributed by atoms with Crippen LogP contribution in [-0.4, -0.2) is 39.4 Å². The van der Waals surface area contributed by atoms with Crippen molar-refractivity contribution in [2.24, 2.45) is 0 Å². The van der Waals surface area contributed by atoms with Gasteiger partial charge in [0.1, 0.15) is 12.6 Å². The fraction of sp³-hybridized carbons (Fsp3) is 0.286. The van der Waals surface area contributed by atoms with Crippen molar-refractivity contribution in [3.05, 3.63) is 70.8 Å². The molecule has 2 heterocycles. The average Bonchev–Trinajstić information content (AvgIpc) is 2.70. The highest BCUT2D eigenvalue weighted by atomic mass is 35.5. The second-order valence-electron chi connectivity index (χ2n) is 7.07. The van der Waals surface area contributed by atoms with Crippen LogP contribution in [0.3, 0.4) is 0 Å². The molecule has 1 atom stereocenters. The number of anilines is 1. The minimum Gasteiger partial charge on any atom is -0.513 e. The van der Waals surface area contributed by atoms with Gasteiger partial charge in [0.2, 0.25) is 5.91 Å². The van der Waals surface area contributed by atoms with Crippen LogP contribution in [0.2, 0.25) is 5.02 Å². The van der Waals surface area contributed by atoms with Crippen LogP contribution in [0.5, 0.6) is 0 Å². The van der Waals surface area contributed by atoms with E-state index in [9.17, 15) is 27.9 Å². The average molecular weight is 454 g/mol.